The van der Waals surface area contributed by atoms with Crippen LogP contribution >= 0.6 is 0 Å². The van der Waals surface area contributed by atoms with Crippen LogP contribution in [0.1, 0.15) is 24.0 Å². The van der Waals surface area contributed by atoms with Gasteiger partial charge in [-0.2, -0.15) is 0 Å². The van der Waals surface area contributed by atoms with E-state index in [1.807, 2.05) is 65.6 Å². The number of nitrogens with two attached hydrogens (primary N) is 1. The van der Waals surface area contributed by atoms with E-state index in [4.69, 9.17) is 5.73 Å². The number of aromatic nitrogens is 3. The van der Waals surface area contributed by atoms with Gasteiger partial charge in [-0.25, -0.2) is 9.67 Å². The Balaban J connectivity index is 1.75. The van der Waals surface area contributed by atoms with Crippen molar-refractivity contribution in [2.75, 3.05) is 13.1 Å². The standard InChI is InChI=1S/C21H23N5O/c1-15-12-16(13-22)14-25(15)21(27)19-23-20(17-8-4-2-5-9-17)26(24-19)18-10-6-3-7-11-18/h2-11,15-16H,12-14,22H2,1H3. The summed E-state index contributed by atoms with van der Waals surface area (Å²) in [4.78, 5) is 19.6. The molecule has 1 aromatic heterocycles. The zero-order valence-corrected chi connectivity index (χ0v) is 15.3. The van der Waals surface area contributed by atoms with Crippen LogP contribution in [0.2, 0.25) is 0 Å². The van der Waals surface area contributed by atoms with E-state index in [0.717, 1.165) is 17.7 Å². The smallest absolute Gasteiger partial charge is 0.293 e. The molecule has 2 N–H and O–H groups in total. The molecule has 0 aliphatic carbocycles. The summed E-state index contributed by atoms with van der Waals surface area (Å²) in [7, 11) is 0. The van der Waals surface area contributed by atoms with E-state index in [1.165, 1.54) is 0 Å². The predicted octanol–water partition coefficient (Wildman–Crippen LogP) is 2.74. The first-order valence-electron chi connectivity index (χ1n) is 9.26. The first kappa shape index (κ1) is 17.4. The minimum absolute atomic E-state index is 0.134. The lowest BCUT2D eigenvalue weighted by atomic mass is 10.1. The Morgan fingerprint density at radius 3 is 2.41 bits per heavy atom. The van der Waals surface area contributed by atoms with E-state index in [9.17, 15) is 4.79 Å². The van der Waals surface area contributed by atoms with Gasteiger partial charge in [-0.1, -0.05) is 48.5 Å². The van der Waals surface area contributed by atoms with Gasteiger partial charge in [0.2, 0.25) is 5.82 Å². The van der Waals surface area contributed by atoms with Gasteiger partial charge in [0.1, 0.15) is 0 Å². The summed E-state index contributed by atoms with van der Waals surface area (Å²) < 4.78 is 1.74. The lowest BCUT2D eigenvalue weighted by molar-refractivity contribution is 0.0731. The van der Waals surface area contributed by atoms with Crippen molar-refractivity contribution in [3.63, 3.8) is 0 Å². The maximum Gasteiger partial charge on any atom is 0.293 e. The predicted molar refractivity (Wildman–Crippen MR) is 104 cm³/mol. The van der Waals surface area contributed by atoms with Gasteiger partial charge in [0, 0.05) is 18.2 Å². The van der Waals surface area contributed by atoms with Crippen molar-refractivity contribution in [2.24, 2.45) is 11.7 Å². The fourth-order valence-electron chi connectivity index (χ4n) is 3.65. The number of benzene rings is 2. The van der Waals surface area contributed by atoms with Gasteiger partial charge in [-0.3, -0.25) is 4.79 Å². The summed E-state index contributed by atoms with van der Waals surface area (Å²) in [6, 6.07) is 19.7. The average molecular weight is 361 g/mol. The van der Waals surface area contributed by atoms with Gasteiger partial charge >= 0.3 is 0 Å². The van der Waals surface area contributed by atoms with Crippen LogP contribution in [0.3, 0.4) is 0 Å². The van der Waals surface area contributed by atoms with Crippen LogP contribution in [-0.2, 0) is 0 Å². The molecule has 0 bridgehead atoms. The Labute approximate surface area is 158 Å². The van der Waals surface area contributed by atoms with Gasteiger partial charge in [0.15, 0.2) is 5.82 Å². The van der Waals surface area contributed by atoms with E-state index in [2.05, 4.69) is 17.0 Å². The van der Waals surface area contributed by atoms with Gasteiger partial charge in [0.05, 0.1) is 5.69 Å². The van der Waals surface area contributed by atoms with E-state index >= 15 is 0 Å². The number of likely N-dealkylation sites (tertiary alicyclic amines) is 1. The van der Waals surface area contributed by atoms with Crippen molar-refractivity contribution < 1.29 is 4.79 Å². The highest BCUT2D eigenvalue weighted by Crippen LogP contribution is 2.25. The highest BCUT2D eigenvalue weighted by molar-refractivity contribution is 5.91. The molecule has 0 saturated carbocycles. The molecule has 2 unspecified atom stereocenters. The first-order chi connectivity index (χ1) is 13.2. The molecule has 6 heteroatoms. The molecule has 6 nitrogen and oxygen atoms in total. The number of carbonyl (C=O) groups excluding carboxylic acids is 1. The molecule has 2 atom stereocenters. The van der Waals surface area contributed by atoms with Crippen molar-refractivity contribution in [1.29, 1.82) is 0 Å². The quantitative estimate of drug-likeness (QED) is 0.775. The van der Waals surface area contributed by atoms with Crippen LogP contribution < -0.4 is 5.73 Å². The molecule has 1 fully saturated rings. The third-order valence-electron chi connectivity index (χ3n) is 5.09. The Morgan fingerprint density at radius 1 is 1.11 bits per heavy atom. The lowest BCUT2D eigenvalue weighted by Crippen LogP contribution is -2.35. The number of carbonyl (C=O) groups is 1. The molecule has 138 valence electrons. The minimum Gasteiger partial charge on any atom is -0.333 e. The second kappa shape index (κ2) is 7.32. The fourth-order valence-corrected chi connectivity index (χ4v) is 3.65. The molecule has 0 spiro atoms. The number of hydrogen-bond donors (Lipinski definition) is 1. The van der Waals surface area contributed by atoms with Crippen molar-refractivity contribution in [2.45, 2.75) is 19.4 Å². The van der Waals surface area contributed by atoms with Crippen LogP contribution in [0, 0.1) is 5.92 Å². The summed E-state index contributed by atoms with van der Waals surface area (Å²) in [5.41, 5.74) is 7.60. The maximum absolute atomic E-state index is 13.1. The number of amides is 1. The SMILES string of the molecule is CC1CC(CN)CN1C(=O)c1nc(-c2ccccc2)n(-c2ccccc2)n1. The lowest BCUT2D eigenvalue weighted by Gasteiger charge is -2.19. The molecular weight excluding hydrogens is 338 g/mol. The topological polar surface area (TPSA) is 77.0 Å². The van der Waals surface area contributed by atoms with E-state index < -0.39 is 0 Å². The van der Waals surface area contributed by atoms with Crippen molar-refractivity contribution in [3.05, 3.63) is 66.5 Å². The molecule has 1 aliphatic rings. The van der Waals surface area contributed by atoms with Gasteiger partial charge in [-0.15, -0.1) is 5.10 Å². The summed E-state index contributed by atoms with van der Waals surface area (Å²) in [5, 5.41) is 4.57. The average Bonchev–Trinajstić information content (AvgIpc) is 3.33. The molecule has 1 aliphatic heterocycles. The van der Waals surface area contributed by atoms with Crippen molar-refractivity contribution >= 4 is 5.91 Å². The van der Waals surface area contributed by atoms with Gasteiger partial charge in [0.25, 0.3) is 5.91 Å². The Hall–Kier alpha value is -2.99. The molecule has 2 aromatic carbocycles. The largest absolute Gasteiger partial charge is 0.333 e. The van der Waals surface area contributed by atoms with E-state index in [1.54, 1.807) is 4.68 Å². The third kappa shape index (κ3) is 3.36. The maximum atomic E-state index is 13.1. The Bertz CT molecular complexity index is 865. The summed E-state index contributed by atoms with van der Waals surface area (Å²) >= 11 is 0. The Kier molecular flexibility index (Phi) is 4.73. The number of rotatable bonds is 4. The Morgan fingerprint density at radius 2 is 1.78 bits per heavy atom. The fraction of sp³-hybridized carbons (Fsp3) is 0.286. The number of para-hydroxylation sites is 1. The summed E-state index contributed by atoms with van der Waals surface area (Å²) in [6.45, 7) is 3.31. The van der Waals surface area contributed by atoms with E-state index in [-0.39, 0.29) is 17.8 Å². The van der Waals surface area contributed by atoms with E-state index in [0.29, 0.717) is 24.8 Å². The third-order valence-corrected chi connectivity index (χ3v) is 5.09. The van der Waals surface area contributed by atoms with Crippen molar-refractivity contribution in [1.82, 2.24) is 19.7 Å². The zero-order chi connectivity index (χ0) is 18.8. The molecule has 3 aromatic rings. The molecule has 4 rings (SSSR count). The normalized spacial score (nSPS) is 19.4. The summed E-state index contributed by atoms with van der Waals surface area (Å²) in [6.07, 6.45) is 0.924. The van der Waals surface area contributed by atoms with Crippen LogP contribution in [0.15, 0.2) is 60.7 Å². The molecule has 1 amide bonds. The second-order valence-electron chi connectivity index (χ2n) is 7.02. The first-order valence-corrected chi connectivity index (χ1v) is 9.26. The van der Waals surface area contributed by atoms with Crippen LogP contribution in [-0.4, -0.2) is 44.7 Å². The van der Waals surface area contributed by atoms with Gasteiger partial charge < -0.3 is 10.6 Å². The highest BCUT2D eigenvalue weighted by atomic mass is 16.2. The minimum atomic E-state index is -0.134. The molecule has 1 saturated heterocycles. The summed E-state index contributed by atoms with van der Waals surface area (Å²) in [5.74, 6) is 1.09. The number of nitrogens with zero attached hydrogens (tertiary/aromatic N) is 4. The molecule has 2 heterocycles. The van der Waals surface area contributed by atoms with Gasteiger partial charge in [-0.05, 0) is 37.9 Å². The monoisotopic (exact) mass is 361 g/mol. The van der Waals surface area contributed by atoms with Crippen LogP contribution in [0.25, 0.3) is 17.1 Å². The van der Waals surface area contributed by atoms with Crippen LogP contribution in [0.4, 0.5) is 0 Å². The zero-order valence-electron chi connectivity index (χ0n) is 15.3. The highest BCUT2D eigenvalue weighted by Gasteiger charge is 2.34. The molecule has 27 heavy (non-hydrogen) atoms. The van der Waals surface area contributed by atoms with Crippen molar-refractivity contribution in [3.8, 4) is 17.1 Å². The van der Waals surface area contributed by atoms with Crippen LogP contribution in [0.5, 0.6) is 0 Å². The molecule has 0 radical (unpaired) electrons. The second-order valence-corrected chi connectivity index (χ2v) is 7.02. The number of hydrogen-bond acceptors (Lipinski definition) is 4. The molecular formula is C21H23N5O.